The number of aromatic nitrogens is 1. The number of hydrogen-bond donors (Lipinski definition) is 1. The van der Waals surface area contributed by atoms with Gasteiger partial charge in [-0.3, -0.25) is 4.79 Å². The molecule has 0 saturated heterocycles. The van der Waals surface area contributed by atoms with Crippen LogP contribution < -0.4 is 5.32 Å². The zero-order chi connectivity index (χ0) is 19.4. The van der Waals surface area contributed by atoms with Crippen LogP contribution in [0.4, 0.5) is 13.2 Å². The smallest absolute Gasteiger partial charge is 0.356 e. The lowest BCUT2D eigenvalue weighted by atomic mass is 9.78. The predicted octanol–water partition coefficient (Wildman–Crippen LogP) is 5.15. The summed E-state index contributed by atoms with van der Waals surface area (Å²) >= 11 is 1.60. The molecule has 1 N–H and O–H groups in total. The first-order chi connectivity index (χ1) is 12.8. The van der Waals surface area contributed by atoms with E-state index in [9.17, 15) is 18.0 Å². The fourth-order valence-electron chi connectivity index (χ4n) is 3.64. The van der Waals surface area contributed by atoms with E-state index in [1.807, 2.05) is 36.6 Å². The summed E-state index contributed by atoms with van der Waals surface area (Å²) in [6, 6.07) is 7.89. The number of aryl methyl sites for hydroxylation is 1. The molecule has 27 heavy (non-hydrogen) atoms. The van der Waals surface area contributed by atoms with Crippen molar-refractivity contribution in [3.8, 4) is 11.3 Å². The summed E-state index contributed by atoms with van der Waals surface area (Å²) in [4.78, 5) is 16.7. The summed E-state index contributed by atoms with van der Waals surface area (Å²) in [6.07, 6.45) is -2.12. The maximum Gasteiger partial charge on any atom is 0.392 e. The van der Waals surface area contributed by atoms with E-state index < -0.39 is 23.9 Å². The molecule has 1 aliphatic rings. The Hall–Kier alpha value is -1.89. The zero-order valence-corrected chi connectivity index (χ0v) is 16.0. The summed E-state index contributed by atoms with van der Waals surface area (Å²) in [5.74, 6) is -2.92. The first kappa shape index (κ1) is 19.9. The molecule has 1 aromatic heterocycles. The second kappa shape index (κ2) is 8.42. The van der Waals surface area contributed by atoms with E-state index in [2.05, 4.69) is 10.3 Å². The van der Waals surface area contributed by atoms with Crippen LogP contribution in [0.25, 0.3) is 11.3 Å². The van der Waals surface area contributed by atoms with Gasteiger partial charge in [-0.2, -0.15) is 13.2 Å². The minimum atomic E-state index is -4.30. The average molecular weight is 396 g/mol. The monoisotopic (exact) mass is 396 g/mol. The molecule has 1 aliphatic carbocycles. The Balaban J connectivity index is 1.52. The van der Waals surface area contributed by atoms with Crippen LogP contribution in [0, 0.1) is 18.8 Å². The average Bonchev–Trinajstić information content (AvgIpc) is 3.08. The second-order valence-electron chi connectivity index (χ2n) is 7.03. The maximum atomic E-state index is 13.1. The van der Waals surface area contributed by atoms with Gasteiger partial charge in [0.25, 0.3) is 0 Å². The lowest BCUT2D eigenvalue weighted by Crippen LogP contribution is -2.43. The molecule has 0 radical (unpaired) electrons. The summed E-state index contributed by atoms with van der Waals surface area (Å²) in [6.45, 7) is 2.30. The molecular formula is C20H23F3N2OS. The van der Waals surface area contributed by atoms with Crippen molar-refractivity contribution in [1.82, 2.24) is 10.3 Å². The number of alkyl halides is 3. The van der Waals surface area contributed by atoms with Crippen LogP contribution in [0.3, 0.4) is 0 Å². The number of nitrogens with zero attached hydrogens (tertiary/aromatic N) is 1. The van der Waals surface area contributed by atoms with E-state index >= 15 is 0 Å². The third kappa shape index (κ3) is 5.09. The minimum Gasteiger partial charge on any atom is -0.356 e. The van der Waals surface area contributed by atoms with E-state index in [0.717, 1.165) is 21.8 Å². The first-order valence-electron chi connectivity index (χ1n) is 9.20. The van der Waals surface area contributed by atoms with E-state index in [0.29, 0.717) is 32.2 Å². The largest absolute Gasteiger partial charge is 0.392 e. The Bertz CT molecular complexity index is 770. The minimum absolute atomic E-state index is 0.0547. The molecule has 1 heterocycles. The van der Waals surface area contributed by atoms with Crippen LogP contribution in [0.5, 0.6) is 0 Å². The highest BCUT2D eigenvalue weighted by molar-refractivity contribution is 7.09. The topological polar surface area (TPSA) is 42.0 Å². The van der Waals surface area contributed by atoms with Crippen molar-refractivity contribution in [1.29, 1.82) is 0 Å². The van der Waals surface area contributed by atoms with Gasteiger partial charge in [-0.1, -0.05) is 37.1 Å². The van der Waals surface area contributed by atoms with Crippen molar-refractivity contribution in [2.75, 3.05) is 6.54 Å². The van der Waals surface area contributed by atoms with Gasteiger partial charge in [0.1, 0.15) is 0 Å². The fraction of sp³-hybridized carbons (Fsp3) is 0.500. The van der Waals surface area contributed by atoms with Crippen molar-refractivity contribution in [3.05, 3.63) is 40.2 Å². The highest BCUT2D eigenvalue weighted by Gasteiger charge is 2.47. The van der Waals surface area contributed by atoms with Crippen molar-refractivity contribution >= 4 is 17.2 Å². The van der Waals surface area contributed by atoms with Crippen molar-refractivity contribution in [3.63, 3.8) is 0 Å². The van der Waals surface area contributed by atoms with Gasteiger partial charge in [-0.15, -0.1) is 11.3 Å². The maximum absolute atomic E-state index is 13.1. The SMILES string of the molecule is Cc1nc(-c2ccc(CCNC(=O)C3CCCCC3C(F)(F)F)cc2)cs1. The number of carbonyl (C=O) groups is 1. The summed E-state index contributed by atoms with van der Waals surface area (Å²) in [5, 5.41) is 5.72. The number of rotatable bonds is 5. The number of benzene rings is 1. The lowest BCUT2D eigenvalue weighted by Gasteiger charge is -2.32. The van der Waals surface area contributed by atoms with Gasteiger partial charge in [0, 0.05) is 23.4 Å². The molecule has 1 aromatic carbocycles. The number of carbonyl (C=O) groups excluding carboxylic acids is 1. The van der Waals surface area contributed by atoms with Crippen LogP contribution >= 0.6 is 11.3 Å². The Labute approximate surface area is 161 Å². The van der Waals surface area contributed by atoms with Crippen molar-refractivity contribution in [2.24, 2.45) is 11.8 Å². The van der Waals surface area contributed by atoms with Gasteiger partial charge in [0.15, 0.2) is 0 Å². The Morgan fingerprint density at radius 3 is 2.56 bits per heavy atom. The van der Waals surface area contributed by atoms with Crippen molar-refractivity contribution in [2.45, 2.75) is 45.2 Å². The molecule has 1 saturated carbocycles. The number of hydrogen-bond acceptors (Lipinski definition) is 3. The van der Waals surface area contributed by atoms with Gasteiger partial charge in [-0.25, -0.2) is 4.98 Å². The molecule has 146 valence electrons. The van der Waals surface area contributed by atoms with Gasteiger partial charge in [0.2, 0.25) is 5.91 Å². The van der Waals surface area contributed by atoms with E-state index in [1.165, 1.54) is 0 Å². The molecule has 2 unspecified atom stereocenters. The van der Waals surface area contributed by atoms with Crippen molar-refractivity contribution < 1.29 is 18.0 Å². The molecular weight excluding hydrogens is 373 g/mol. The molecule has 0 spiro atoms. The molecule has 3 rings (SSSR count). The first-order valence-corrected chi connectivity index (χ1v) is 10.1. The van der Waals surface area contributed by atoms with Crippen LogP contribution in [-0.2, 0) is 11.2 Å². The second-order valence-corrected chi connectivity index (χ2v) is 8.09. The highest BCUT2D eigenvalue weighted by Crippen LogP contribution is 2.41. The molecule has 1 fully saturated rings. The van der Waals surface area contributed by atoms with Crippen LogP contribution in [-0.4, -0.2) is 23.6 Å². The summed E-state index contributed by atoms with van der Waals surface area (Å²) in [7, 11) is 0. The van der Waals surface area contributed by atoms with Gasteiger partial charge in [-0.05, 0) is 31.7 Å². The van der Waals surface area contributed by atoms with E-state index in [1.54, 1.807) is 11.3 Å². The third-order valence-corrected chi connectivity index (χ3v) is 5.88. The highest BCUT2D eigenvalue weighted by atomic mass is 32.1. The molecule has 0 aliphatic heterocycles. The number of amides is 1. The molecule has 1 amide bonds. The number of thiazole rings is 1. The van der Waals surface area contributed by atoms with Gasteiger partial charge < -0.3 is 5.32 Å². The predicted molar refractivity (Wildman–Crippen MR) is 101 cm³/mol. The van der Waals surface area contributed by atoms with Crippen LogP contribution in [0.1, 0.15) is 36.3 Å². The standard InChI is InChI=1S/C20H23F3N2OS/c1-13-25-18(12-27-13)15-8-6-14(7-9-15)10-11-24-19(26)16-4-2-3-5-17(16)20(21,22)23/h6-9,12,16-17H,2-5,10-11H2,1H3,(H,24,26). The van der Waals surface area contributed by atoms with Gasteiger partial charge in [0.05, 0.1) is 16.6 Å². The van der Waals surface area contributed by atoms with E-state index in [4.69, 9.17) is 0 Å². The van der Waals surface area contributed by atoms with Crippen LogP contribution in [0.15, 0.2) is 29.6 Å². The number of halogens is 3. The van der Waals surface area contributed by atoms with Gasteiger partial charge >= 0.3 is 6.18 Å². The zero-order valence-electron chi connectivity index (χ0n) is 15.2. The number of nitrogens with one attached hydrogen (secondary N) is 1. The lowest BCUT2D eigenvalue weighted by molar-refractivity contribution is -0.198. The molecule has 2 aromatic rings. The quantitative estimate of drug-likeness (QED) is 0.760. The Morgan fingerprint density at radius 2 is 1.93 bits per heavy atom. The molecule has 0 bridgehead atoms. The normalized spacial score (nSPS) is 20.4. The fourth-order valence-corrected chi connectivity index (χ4v) is 4.26. The summed E-state index contributed by atoms with van der Waals surface area (Å²) in [5.41, 5.74) is 3.00. The summed E-state index contributed by atoms with van der Waals surface area (Å²) < 4.78 is 39.4. The molecule has 2 atom stereocenters. The van der Waals surface area contributed by atoms with Crippen LogP contribution in [0.2, 0.25) is 0 Å². The van der Waals surface area contributed by atoms with E-state index in [-0.39, 0.29) is 6.42 Å². The third-order valence-electron chi connectivity index (χ3n) is 5.10. The Morgan fingerprint density at radius 1 is 1.22 bits per heavy atom. The molecule has 7 heteroatoms. The Kier molecular flexibility index (Phi) is 6.19. The molecule has 3 nitrogen and oxygen atoms in total.